The molecule has 0 atom stereocenters. The predicted octanol–water partition coefficient (Wildman–Crippen LogP) is 6.25. The van der Waals surface area contributed by atoms with Crippen LogP contribution in [0.15, 0.2) is 42.5 Å². The lowest BCUT2D eigenvalue weighted by Crippen LogP contribution is -2.11. The van der Waals surface area contributed by atoms with Gasteiger partial charge in [-0.15, -0.1) is 0 Å². The van der Waals surface area contributed by atoms with Crippen LogP contribution in [-0.2, 0) is 4.79 Å². The Morgan fingerprint density at radius 2 is 1.74 bits per heavy atom. The van der Waals surface area contributed by atoms with Crippen LogP contribution >= 0.6 is 11.3 Å². The number of aromatic nitrogens is 1. The largest absolute Gasteiger partial charge is 0.491 e. The average molecular weight is 440 g/mol. The van der Waals surface area contributed by atoms with Crippen LogP contribution in [0, 0.1) is 0 Å². The number of thiazole rings is 1. The number of anilines is 2. The fourth-order valence-corrected chi connectivity index (χ4v) is 4.12. The van der Waals surface area contributed by atoms with Gasteiger partial charge in [0.25, 0.3) is 5.91 Å². The Hall–Kier alpha value is -2.93. The summed E-state index contributed by atoms with van der Waals surface area (Å²) in [6.45, 7) is 4.27. The molecule has 3 aromatic rings. The second-order valence-corrected chi connectivity index (χ2v) is 8.48. The van der Waals surface area contributed by atoms with E-state index in [2.05, 4.69) is 22.5 Å². The van der Waals surface area contributed by atoms with Crippen LogP contribution in [0.4, 0.5) is 10.8 Å². The van der Waals surface area contributed by atoms with E-state index in [9.17, 15) is 9.59 Å². The van der Waals surface area contributed by atoms with E-state index in [4.69, 9.17) is 4.74 Å². The molecule has 0 aliphatic rings. The molecule has 2 N–H and O–H groups in total. The van der Waals surface area contributed by atoms with E-state index >= 15 is 0 Å². The van der Waals surface area contributed by atoms with Crippen LogP contribution in [0.5, 0.6) is 5.75 Å². The number of nitrogens with zero attached hydrogens (tertiary/aromatic N) is 1. The fraction of sp³-hybridized carbons (Fsp3) is 0.375. The Morgan fingerprint density at radius 3 is 2.48 bits per heavy atom. The van der Waals surface area contributed by atoms with Crippen molar-refractivity contribution in [2.45, 2.75) is 52.4 Å². The maximum Gasteiger partial charge on any atom is 0.257 e. The molecule has 0 fully saturated rings. The molecule has 164 valence electrons. The normalized spacial score (nSPS) is 10.8. The summed E-state index contributed by atoms with van der Waals surface area (Å²) in [6.07, 6.45) is 7.08. The lowest BCUT2D eigenvalue weighted by molar-refractivity contribution is -0.114. The van der Waals surface area contributed by atoms with Crippen LogP contribution in [-0.4, -0.2) is 23.4 Å². The van der Waals surface area contributed by atoms with E-state index in [-0.39, 0.29) is 11.8 Å². The summed E-state index contributed by atoms with van der Waals surface area (Å²) in [7, 11) is 0. The Balaban J connectivity index is 1.70. The van der Waals surface area contributed by atoms with Crippen LogP contribution in [0.3, 0.4) is 0 Å². The van der Waals surface area contributed by atoms with Crippen LogP contribution in [0.2, 0.25) is 0 Å². The first-order chi connectivity index (χ1) is 15.1. The fourth-order valence-electron chi connectivity index (χ4n) is 3.24. The smallest absolute Gasteiger partial charge is 0.257 e. The number of amides is 2. The number of ether oxygens (including phenoxy) is 1. The minimum atomic E-state index is -0.207. The van der Waals surface area contributed by atoms with Gasteiger partial charge in [0.1, 0.15) is 5.75 Å². The molecule has 3 rings (SSSR count). The van der Waals surface area contributed by atoms with E-state index in [1.54, 1.807) is 12.1 Å². The summed E-state index contributed by atoms with van der Waals surface area (Å²) in [5.41, 5.74) is 1.92. The van der Waals surface area contributed by atoms with Gasteiger partial charge < -0.3 is 10.1 Å². The minimum absolute atomic E-state index is 0.161. The molecule has 6 nitrogen and oxygen atoms in total. The topological polar surface area (TPSA) is 80.3 Å². The monoisotopic (exact) mass is 439 g/mol. The molecule has 0 bridgehead atoms. The molecule has 0 aliphatic heterocycles. The van der Waals surface area contributed by atoms with Crippen molar-refractivity contribution in [3.63, 3.8) is 0 Å². The van der Waals surface area contributed by atoms with Crippen molar-refractivity contribution in [2.24, 2.45) is 0 Å². The van der Waals surface area contributed by atoms with Gasteiger partial charge in [0.15, 0.2) is 5.13 Å². The molecule has 0 saturated carbocycles. The molecule has 1 heterocycles. The first-order valence-electron chi connectivity index (χ1n) is 10.8. The molecule has 1 aromatic heterocycles. The zero-order valence-corrected chi connectivity index (χ0v) is 18.9. The highest BCUT2D eigenvalue weighted by Crippen LogP contribution is 2.35. The number of benzene rings is 2. The van der Waals surface area contributed by atoms with E-state index in [1.807, 2.05) is 30.3 Å². The van der Waals surface area contributed by atoms with Crippen molar-refractivity contribution < 1.29 is 14.3 Å². The first kappa shape index (κ1) is 22.7. The summed E-state index contributed by atoms with van der Waals surface area (Å²) in [5.74, 6) is 0.231. The first-order valence-corrected chi connectivity index (χ1v) is 11.6. The number of carbonyl (C=O) groups is 2. The minimum Gasteiger partial charge on any atom is -0.491 e. The highest BCUT2D eigenvalue weighted by atomic mass is 32.1. The van der Waals surface area contributed by atoms with Crippen LogP contribution in [0.25, 0.3) is 10.2 Å². The summed E-state index contributed by atoms with van der Waals surface area (Å²) < 4.78 is 6.84. The van der Waals surface area contributed by atoms with Gasteiger partial charge in [-0.25, -0.2) is 4.98 Å². The second kappa shape index (κ2) is 11.5. The molecule has 0 aliphatic carbocycles. The summed E-state index contributed by atoms with van der Waals surface area (Å²) in [4.78, 5) is 28.6. The number of hydrogen-bond acceptors (Lipinski definition) is 5. The lowest BCUT2D eigenvalue weighted by atomic mass is 10.1. The maximum atomic E-state index is 12.4. The van der Waals surface area contributed by atoms with Crippen molar-refractivity contribution in [2.75, 3.05) is 17.2 Å². The van der Waals surface area contributed by atoms with Crippen LogP contribution in [0.1, 0.15) is 62.7 Å². The summed E-state index contributed by atoms with van der Waals surface area (Å²) in [5, 5.41) is 6.19. The van der Waals surface area contributed by atoms with E-state index in [0.29, 0.717) is 28.7 Å². The standard InChI is InChI=1S/C24H29N3O3S/c1-3-4-5-6-7-11-14-30-21-15-20-22(16-19(21)25-17(2)28)31-24(26-20)27-23(29)18-12-9-8-10-13-18/h8-10,12-13,15-16H,3-7,11,14H2,1-2H3,(H,25,28)(H,26,27,29). The zero-order chi connectivity index (χ0) is 22.1. The third-order valence-corrected chi connectivity index (χ3v) is 5.75. The van der Waals surface area contributed by atoms with Gasteiger partial charge in [-0.2, -0.15) is 0 Å². The number of unbranched alkanes of at least 4 members (excludes halogenated alkanes) is 5. The van der Waals surface area contributed by atoms with Gasteiger partial charge in [-0.05, 0) is 24.6 Å². The van der Waals surface area contributed by atoms with Crippen molar-refractivity contribution in [1.82, 2.24) is 4.98 Å². The third kappa shape index (κ3) is 6.79. The van der Waals surface area contributed by atoms with E-state index < -0.39 is 0 Å². The Labute approximate surface area is 187 Å². The molecule has 0 spiro atoms. The number of hydrogen-bond donors (Lipinski definition) is 2. The molecular weight excluding hydrogens is 410 g/mol. The van der Waals surface area contributed by atoms with Crippen molar-refractivity contribution >= 4 is 44.2 Å². The van der Waals surface area contributed by atoms with Crippen molar-refractivity contribution in [3.05, 3.63) is 48.0 Å². The van der Waals surface area contributed by atoms with Crippen molar-refractivity contribution in [3.8, 4) is 5.75 Å². The second-order valence-electron chi connectivity index (χ2n) is 7.45. The molecule has 0 radical (unpaired) electrons. The number of carbonyl (C=O) groups excluding carboxylic acids is 2. The number of rotatable bonds is 11. The van der Waals surface area contributed by atoms with Gasteiger partial charge in [0.2, 0.25) is 5.91 Å². The average Bonchev–Trinajstić information content (AvgIpc) is 3.14. The Morgan fingerprint density at radius 1 is 1.00 bits per heavy atom. The SMILES string of the molecule is CCCCCCCCOc1cc2nc(NC(=O)c3ccccc3)sc2cc1NC(C)=O. The molecule has 2 amide bonds. The van der Waals surface area contributed by atoms with Crippen LogP contribution < -0.4 is 15.4 Å². The van der Waals surface area contributed by atoms with E-state index in [1.165, 1.54) is 43.9 Å². The molecule has 7 heteroatoms. The lowest BCUT2D eigenvalue weighted by Gasteiger charge is -2.12. The predicted molar refractivity (Wildman–Crippen MR) is 127 cm³/mol. The van der Waals surface area contributed by atoms with Gasteiger partial charge in [0.05, 0.1) is 22.5 Å². The van der Waals surface area contributed by atoms with Crippen molar-refractivity contribution in [1.29, 1.82) is 0 Å². The zero-order valence-electron chi connectivity index (χ0n) is 18.1. The van der Waals surface area contributed by atoms with Gasteiger partial charge in [-0.1, -0.05) is 68.6 Å². The molecule has 2 aromatic carbocycles. The molecule has 0 unspecified atom stereocenters. The molecule has 31 heavy (non-hydrogen) atoms. The maximum absolute atomic E-state index is 12.4. The Kier molecular flexibility index (Phi) is 8.41. The van der Waals surface area contributed by atoms with E-state index in [0.717, 1.165) is 23.1 Å². The Bertz CT molecular complexity index is 1020. The quantitative estimate of drug-likeness (QED) is 0.346. The third-order valence-electron chi connectivity index (χ3n) is 4.81. The number of nitrogens with one attached hydrogen (secondary N) is 2. The molecule has 0 saturated heterocycles. The summed E-state index contributed by atoms with van der Waals surface area (Å²) in [6, 6.07) is 12.7. The van der Waals surface area contributed by atoms with Gasteiger partial charge >= 0.3 is 0 Å². The summed E-state index contributed by atoms with van der Waals surface area (Å²) >= 11 is 1.36. The molecular formula is C24H29N3O3S. The highest BCUT2D eigenvalue weighted by Gasteiger charge is 2.14. The van der Waals surface area contributed by atoms with Gasteiger partial charge in [0, 0.05) is 18.6 Å². The van der Waals surface area contributed by atoms with Gasteiger partial charge in [-0.3, -0.25) is 14.9 Å². The highest BCUT2D eigenvalue weighted by molar-refractivity contribution is 7.22. The number of fused-ring (bicyclic) bond motifs is 1.